The number of hydrogen-bond acceptors (Lipinski definition) is 5. The molecule has 0 fully saturated rings. The maximum absolute atomic E-state index is 11.2. The average molecular weight is 316 g/mol. The fourth-order valence-corrected chi connectivity index (χ4v) is 2.57. The minimum absolute atomic E-state index is 0.298. The van der Waals surface area contributed by atoms with Crippen molar-refractivity contribution in [3.63, 3.8) is 0 Å². The molecule has 0 saturated heterocycles. The molecule has 0 radical (unpaired) electrons. The minimum atomic E-state index is -0.354. The van der Waals surface area contributed by atoms with Crippen molar-refractivity contribution in [1.29, 1.82) is 0 Å². The Morgan fingerprint density at radius 2 is 2.35 bits per heavy atom. The standard InChI is InChI=1S/C11H10BrNO3S/c1-15-10(14)7(12)6-17-11-13-8-4-2-3-5-9(8)16-11/h2-5,7H,6H2,1H3. The van der Waals surface area contributed by atoms with E-state index in [0.29, 0.717) is 11.0 Å². The second-order valence-electron chi connectivity index (χ2n) is 3.25. The van der Waals surface area contributed by atoms with Gasteiger partial charge in [-0.1, -0.05) is 39.8 Å². The number of halogens is 1. The van der Waals surface area contributed by atoms with Gasteiger partial charge in [0.25, 0.3) is 5.22 Å². The summed E-state index contributed by atoms with van der Waals surface area (Å²) >= 11 is 4.61. The van der Waals surface area contributed by atoms with E-state index in [1.165, 1.54) is 18.9 Å². The first-order valence-electron chi connectivity index (χ1n) is 4.91. The number of rotatable bonds is 4. The summed E-state index contributed by atoms with van der Waals surface area (Å²) in [6.45, 7) is 0. The van der Waals surface area contributed by atoms with Crippen LogP contribution in [-0.2, 0) is 9.53 Å². The van der Waals surface area contributed by atoms with Crippen LogP contribution in [0.15, 0.2) is 33.9 Å². The average Bonchev–Trinajstić information content (AvgIpc) is 2.77. The van der Waals surface area contributed by atoms with Crippen molar-refractivity contribution >= 4 is 44.8 Å². The van der Waals surface area contributed by atoms with Crippen LogP contribution in [-0.4, -0.2) is 28.6 Å². The van der Waals surface area contributed by atoms with Crippen molar-refractivity contribution in [1.82, 2.24) is 4.98 Å². The molecule has 0 N–H and O–H groups in total. The Bertz CT molecular complexity index is 495. The van der Waals surface area contributed by atoms with Crippen molar-refractivity contribution in [3.05, 3.63) is 24.3 Å². The van der Waals surface area contributed by atoms with E-state index in [1.54, 1.807) is 0 Å². The topological polar surface area (TPSA) is 52.3 Å². The minimum Gasteiger partial charge on any atom is -0.468 e. The fraction of sp³-hybridized carbons (Fsp3) is 0.273. The smallest absolute Gasteiger partial charge is 0.320 e. The van der Waals surface area contributed by atoms with Crippen LogP contribution in [0.3, 0.4) is 0 Å². The SMILES string of the molecule is COC(=O)C(Br)CSc1nc2ccccc2o1. The third-order valence-corrected chi connectivity index (χ3v) is 4.13. The number of oxazole rings is 1. The molecule has 6 heteroatoms. The molecule has 0 spiro atoms. The highest BCUT2D eigenvalue weighted by Crippen LogP contribution is 2.25. The van der Waals surface area contributed by atoms with E-state index >= 15 is 0 Å². The van der Waals surface area contributed by atoms with E-state index in [0.717, 1.165) is 11.1 Å². The number of carbonyl (C=O) groups excluding carboxylic acids is 1. The summed E-state index contributed by atoms with van der Waals surface area (Å²) in [5.74, 6) is 0.216. The van der Waals surface area contributed by atoms with Gasteiger partial charge in [-0.25, -0.2) is 4.98 Å². The Labute approximate surface area is 111 Å². The van der Waals surface area contributed by atoms with Gasteiger partial charge in [0.05, 0.1) is 7.11 Å². The number of aromatic nitrogens is 1. The molecule has 1 heterocycles. The van der Waals surface area contributed by atoms with Crippen LogP contribution in [0.4, 0.5) is 0 Å². The summed E-state index contributed by atoms with van der Waals surface area (Å²) < 4.78 is 10.1. The van der Waals surface area contributed by atoms with E-state index in [1.807, 2.05) is 24.3 Å². The first kappa shape index (κ1) is 12.4. The molecule has 0 amide bonds. The summed E-state index contributed by atoms with van der Waals surface area (Å²) in [7, 11) is 1.36. The zero-order valence-electron chi connectivity index (χ0n) is 9.05. The van der Waals surface area contributed by atoms with Gasteiger partial charge in [0, 0.05) is 5.75 Å². The van der Waals surface area contributed by atoms with Gasteiger partial charge in [-0.15, -0.1) is 0 Å². The molecular weight excluding hydrogens is 306 g/mol. The molecule has 1 aromatic heterocycles. The lowest BCUT2D eigenvalue weighted by atomic mass is 10.3. The molecule has 2 aromatic rings. The van der Waals surface area contributed by atoms with Crippen LogP contribution in [0.25, 0.3) is 11.1 Å². The number of para-hydroxylation sites is 2. The first-order valence-corrected chi connectivity index (χ1v) is 6.81. The largest absolute Gasteiger partial charge is 0.468 e. The summed E-state index contributed by atoms with van der Waals surface area (Å²) in [5, 5.41) is 0.555. The Morgan fingerprint density at radius 1 is 1.59 bits per heavy atom. The van der Waals surface area contributed by atoms with Crippen LogP contribution in [0, 0.1) is 0 Å². The van der Waals surface area contributed by atoms with Crippen molar-refractivity contribution in [2.45, 2.75) is 10.0 Å². The number of thioether (sulfide) groups is 1. The van der Waals surface area contributed by atoms with Crippen LogP contribution >= 0.6 is 27.7 Å². The van der Waals surface area contributed by atoms with Gasteiger partial charge < -0.3 is 9.15 Å². The second-order valence-corrected chi connectivity index (χ2v) is 5.33. The Morgan fingerprint density at radius 3 is 3.06 bits per heavy atom. The maximum atomic E-state index is 11.2. The molecule has 1 atom stereocenters. The molecule has 0 aliphatic heterocycles. The molecular formula is C11H10BrNO3S. The first-order chi connectivity index (χ1) is 8.20. The monoisotopic (exact) mass is 315 g/mol. The molecule has 1 aromatic carbocycles. The lowest BCUT2D eigenvalue weighted by Crippen LogP contribution is -2.17. The van der Waals surface area contributed by atoms with Gasteiger partial charge in [0.15, 0.2) is 5.58 Å². The van der Waals surface area contributed by atoms with Gasteiger partial charge in [0.1, 0.15) is 10.3 Å². The third kappa shape index (κ3) is 3.01. The van der Waals surface area contributed by atoms with Gasteiger partial charge in [-0.2, -0.15) is 0 Å². The second kappa shape index (κ2) is 5.55. The number of esters is 1. The Balaban J connectivity index is 2.01. The molecule has 2 rings (SSSR count). The molecule has 4 nitrogen and oxygen atoms in total. The molecule has 0 saturated carbocycles. The summed E-state index contributed by atoms with van der Waals surface area (Å²) in [6, 6.07) is 7.54. The highest BCUT2D eigenvalue weighted by Gasteiger charge is 2.17. The lowest BCUT2D eigenvalue weighted by Gasteiger charge is -2.04. The van der Waals surface area contributed by atoms with Gasteiger partial charge in [-0.05, 0) is 12.1 Å². The highest BCUT2D eigenvalue weighted by molar-refractivity contribution is 9.10. The zero-order chi connectivity index (χ0) is 12.3. The van der Waals surface area contributed by atoms with Crippen LogP contribution in [0.5, 0.6) is 0 Å². The summed E-state index contributed by atoms with van der Waals surface area (Å²) in [5.41, 5.74) is 1.57. The Hall–Kier alpha value is -1.01. The van der Waals surface area contributed by atoms with Crippen molar-refractivity contribution in [3.8, 4) is 0 Å². The van der Waals surface area contributed by atoms with E-state index in [2.05, 4.69) is 25.7 Å². The fourth-order valence-electron chi connectivity index (χ4n) is 1.25. The van der Waals surface area contributed by atoms with Gasteiger partial charge in [-0.3, -0.25) is 4.79 Å². The summed E-state index contributed by atoms with van der Waals surface area (Å²) in [6.07, 6.45) is 0. The number of ether oxygens (including phenoxy) is 1. The molecule has 90 valence electrons. The number of fused-ring (bicyclic) bond motifs is 1. The number of methoxy groups -OCH3 is 1. The van der Waals surface area contributed by atoms with Gasteiger partial charge >= 0.3 is 5.97 Å². The van der Waals surface area contributed by atoms with E-state index in [9.17, 15) is 4.79 Å². The van der Waals surface area contributed by atoms with Gasteiger partial charge in [0.2, 0.25) is 0 Å². The van der Waals surface area contributed by atoms with Crippen molar-refractivity contribution in [2.24, 2.45) is 0 Å². The molecule has 0 aliphatic rings. The molecule has 1 unspecified atom stereocenters. The Kier molecular flexibility index (Phi) is 4.06. The number of carbonyl (C=O) groups is 1. The zero-order valence-corrected chi connectivity index (χ0v) is 11.5. The highest BCUT2D eigenvalue weighted by atomic mass is 79.9. The number of nitrogens with zero attached hydrogens (tertiary/aromatic N) is 1. The lowest BCUT2D eigenvalue weighted by molar-refractivity contribution is -0.139. The van der Waals surface area contributed by atoms with Crippen LogP contribution < -0.4 is 0 Å². The van der Waals surface area contributed by atoms with Crippen molar-refractivity contribution < 1.29 is 13.9 Å². The number of hydrogen-bond donors (Lipinski definition) is 0. The van der Waals surface area contributed by atoms with Crippen LogP contribution in [0.2, 0.25) is 0 Å². The predicted molar refractivity (Wildman–Crippen MR) is 69.5 cm³/mol. The summed E-state index contributed by atoms with van der Waals surface area (Å²) in [4.78, 5) is 15.1. The number of alkyl halides is 1. The van der Waals surface area contributed by atoms with E-state index in [4.69, 9.17) is 4.42 Å². The van der Waals surface area contributed by atoms with E-state index in [-0.39, 0.29) is 10.8 Å². The van der Waals surface area contributed by atoms with Crippen LogP contribution in [0.1, 0.15) is 0 Å². The quantitative estimate of drug-likeness (QED) is 0.493. The van der Waals surface area contributed by atoms with Crippen molar-refractivity contribution in [2.75, 3.05) is 12.9 Å². The predicted octanol–water partition coefficient (Wildman–Crippen LogP) is 2.86. The third-order valence-electron chi connectivity index (χ3n) is 2.08. The normalized spacial score (nSPS) is 12.6. The molecule has 17 heavy (non-hydrogen) atoms. The maximum Gasteiger partial charge on any atom is 0.320 e. The molecule has 0 bridgehead atoms. The molecule has 0 aliphatic carbocycles. The van der Waals surface area contributed by atoms with E-state index < -0.39 is 0 Å². The number of benzene rings is 1.